The first-order chi connectivity index (χ1) is 14.9. The summed E-state index contributed by atoms with van der Waals surface area (Å²) in [6, 6.07) is 15.4. The average Bonchev–Trinajstić information content (AvgIpc) is 2.78. The maximum atomic E-state index is 3.69. The molecule has 0 spiro atoms. The van der Waals surface area contributed by atoms with E-state index in [1.54, 1.807) is 0 Å². The molecule has 1 aliphatic heterocycles. The molecule has 0 radical (unpaired) electrons. The molecule has 0 bridgehead atoms. The van der Waals surface area contributed by atoms with E-state index in [0.29, 0.717) is 0 Å². The Kier molecular flexibility index (Phi) is 10.7. The van der Waals surface area contributed by atoms with Gasteiger partial charge in [0.25, 0.3) is 0 Å². The van der Waals surface area contributed by atoms with Gasteiger partial charge in [0.15, 0.2) is 0 Å². The van der Waals surface area contributed by atoms with Crippen molar-refractivity contribution in [1.82, 2.24) is 0 Å². The van der Waals surface area contributed by atoms with E-state index in [4.69, 9.17) is 0 Å². The summed E-state index contributed by atoms with van der Waals surface area (Å²) in [4.78, 5) is 2.70. The van der Waals surface area contributed by atoms with Crippen molar-refractivity contribution in [3.05, 3.63) is 48.0 Å². The van der Waals surface area contributed by atoms with Gasteiger partial charge >= 0.3 is 0 Å². The van der Waals surface area contributed by atoms with Gasteiger partial charge < -0.3 is 5.32 Å². The van der Waals surface area contributed by atoms with Crippen LogP contribution in [0.15, 0.2) is 52.3 Å². The SMILES string of the molecule is CCCCCCCCCCCCCCCCc1cccc2c1Nc1ccccc1S2. The van der Waals surface area contributed by atoms with Gasteiger partial charge in [-0.1, -0.05) is 126 Å². The molecule has 164 valence electrons. The molecule has 0 saturated carbocycles. The van der Waals surface area contributed by atoms with Crippen molar-refractivity contribution in [2.24, 2.45) is 0 Å². The highest BCUT2D eigenvalue weighted by atomic mass is 32.2. The zero-order valence-electron chi connectivity index (χ0n) is 19.1. The number of anilines is 2. The summed E-state index contributed by atoms with van der Waals surface area (Å²) >= 11 is 1.90. The molecule has 0 aliphatic carbocycles. The molecule has 0 saturated heterocycles. The first-order valence-electron chi connectivity index (χ1n) is 12.5. The van der Waals surface area contributed by atoms with E-state index in [1.165, 1.54) is 123 Å². The maximum absolute atomic E-state index is 3.69. The molecular weight excluding hydrogens is 382 g/mol. The maximum Gasteiger partial charge on any atom is 0.0558 e. The van der Waals surface area contributed by atoms with Crippen LogP contribution in [0.4, 0.5) is 11.4 Å². The van der Waals surface area contributed by atoms with Crippen LogP contribution in [-0.2, 0) is 6.42 Å². The molecular formula is C28H41NS. The predicted octanol–water partition coefficient (Wildman–Crippen LogP) is 9.92. The van der Waals surface area contributed by atoms with Gasteiger partial charge in [0.1, 0.15) is 0 Å². The van der Waals surface area contributed by atoms with Crippen LogP contribution in [0.3, 0.4) is 0 Å². The second kappa shape index (κ2) is 13.8. The highest BCUT2D eigenvalue weighted by Crippen LogP contribution is 2.45. The fourth-order valence-electron chi connectivity index (χ4n) is 4.43. The number of hydrogen-bond acceptors (Lipinski definition) is 2. The van der Waals surface area contributed by atoms with Crippen LogP contribution < -0.4 is 5.32 Å². The topological polar surface area (TPSA) is 12.0 Å². The quantitative estimate of drug-likeness (QED) is 0.244. The molecule has 3 rings (SSSR count). The van der Waals surface area contributed by atoms with E-state index in [9.17, 15) is 0 Å². The van der Waals surface area contributed by atoms with Gasteiger partial charge in [0, 0.05) is 9.79 Å². The summed E-state index contributed by atoms with van der Waals surface area (Å²) in [5.74, 6) is 0. The van der Waals surface area contributed by atoms with E-state index in [2.05, 4.69) is 54.7 Å². The Morgan fingerprint density at radius 3 is 1.83 bits per heavy atom. The molecule has 1 aliphatic rings. The molecule has 0 atom stereocenters. The second-order valence-electron chi connectivity index (χ2n) is 8.86. The molecule has 1 N–H and O–H groups in total. The van der Waals surface area contributed by atoms with Gasteiger partial charge in [-0.25, -0.2) is 0 Å². The minimum Gasteiger partial charge on any atom is -0.353 e. The largest absolute Gasteiger partial charge is 0.353 e. The molecule has 0 unspecified atom stereocenters. The fraction of sp³-hybridized carbons (Fsp3) is 0.571. The lowest BCUT2D eigenvalue weighted by molar-refractivity contribution is 0.535. The third-order valence-electron chi connectivity index (χ3n) is 6.28. The molecule has 0 amide bonds. The number of benzene rings is 2. The summed E-state index contributed by atoms with van der Waals surface area (Å²) in [5, 5.41) is 3.69. The standard InChI is InChI=1S/C28H41NS/c1-2-3-4-5-6-7-8-9-10-11-12-13-14-15-19-24-20-18-23-27-28(24)29-25-21-16-17-22-26(25)30-27/h16-18,20-23,29H,2-15,19H2,1H3. The third kappa shape index (κ3) is 7.69. The highest BCUT2D eigenvalue weighted by molar-refractivity contribution is 7.99. The minimum atomic E-state index is 1.19. The van der Waals surface area contributed by atoms with E-state index in [0.717, 1.165) is 0 Å². The minimum absolute atomic E-state index is 1.19. The number of nitrogens with one attached hydrogen (secondary N) is 1. The van der Waals surface area contributed by atoms with Crippen LogP contribution in [0.5, 0.6) is 0 Å². The van der Waals surface area contributed by atoms with Crippen LogP contribution in [0.25, 0.3) is 0 Å². The van der Waals surface area contributed by atoms with Crippen molar-refractivity contribution < 1.29 is 0 Å². The number of para-hydroxylation sites is 2. The molecule has 1 nitrogen and oxygen atoms in total. The summed E-state index contributed by atoms with van der Waals surface area (Å²) in [7, 11) is 0. The van der Waals surface area contributed by atoms with E-state index in [1.807, 2.05) is 11.8 Å². The first-order valence-corrected chi connectivity index (χ1v) is 13.4. The Labute approximate surface area is 189 Å². The van der Waals surface area contributed by atoms with E-state index >= 15 is 0 Å². The van der Waals surface area contributed by atoms with Crippen LogP contribution in [-0.4, -0.2) is 0 Å². The Morgan fingerprint density at radius 2 is 1.17 bits per heavy atom. The zero-order chi connectivity index (χ0) is 20.9. The Morgan fingerprint density at radius 1 is 0.600 bits per heavy atom. The molecule has 2 aromatic carbocycles. The normalized spacial score (nSPS) is 12.3. The molecule has 0 aromatic heterocycles. The smallest absolute Gasteiger partial charge is 0.0558 e. The number of rotatable bonds is 15. The summed E-state index contributed by atoms with van der Waals surface area (Å²) < 4.78 is 0. The van der Waals surface area contributed by atoms with Gasteiger partial charge in [0.05, 0.1) is 11.4 Å². The Hall–Kier alpha value is -1.41. The highest BCUT2D eigenvalue weighted by Gasteiger charge is 2.17. The summed E-state index contributed by atoms with van der Waals surface area (Å²) in [6.07, 6.45) is 21.1. The van der Waals surface area contributed by atoms with Crippen molar-refractivity contribution in [3.63, 3.8) is 0 Å². The second-order valence-corrected chi connectivity index (χ2v) is 9.94. The molecule has 2 aromatic rings. The molecule has 2 heteroatoms. The van der Waals surface area contributed by atoms with Crippen LogP contribution >= 0.6 is 11.8 Å². The lowest BCUT2D eigenvalue weighted by atomic mass is 10.0. The van der Waals surface area contributed by atoms with Crippen molar-refractivity contribution in [2.75, 3.05) is 5.32 Å². The van der Waals surface area contributed by atoms with Crippen LogP contribution in [0, 0.1) is 0 Å². The monoisotopic (exact) mass is 423 g/mol. The molecule has 0 fully saturated rings. The first kappa shape index (κ1) is 23.3. The summed E-state index contributed by atoms with van der Waals surface area (Å²) in [6.45, 7) is 2.30. The number of unbranched alkanes of at least 4 members (excludes halogenated alkanes) is 13. The number of fused-ring (bicyclic) bond motifs is 2. The van der Waals surface area contributed by atoms with Gasteiger partial charge in [-0.2, -0.15) is 0 Å². The van der Waals surface area contributed by atoms with Crippen molar-refractivity contribution >= 4 is 23.1 Å². The van der Waals surface area contributed by atoms with Crippen molar-refractivity contribution in [3.8, 4) is 0 Å². The zero-order valence-corrected chi connectivity index (χ0v) is 19.9. The van der Waals surface area contributed by atoms with Crippen molar-refractivity contribution in [1.29, 1.82) is 0 Å². The Balaban J connectivity index is 1.24. The lowest BCUT2D eigenvalue weighted by Crippen LogP contribution is -2.03. The van der Waals surface area contributed by atoms with Gasteiger partial charge in [0.2, 0.25) is 0 Å². The third-order valence-corrected chi connectivity index (χ3v) is 7.41. The van der Waals surface area contributed by atoms with E-state index in [-0.39, 0.29) is 0 Å². The summed E-state index contributed by atoms with van der Waals surface area (Å²) in [5.41, 5.74) is 4.08. The average molecular weight is 424 g/mol. The number of hydrogen-bond donors (Lipinski definition) is 1. The number of aryl methyl sites for hydroxylation is 1. The van der Waals surface area contributed by atoms with Crippen LogP contribution in [0.2, 0.25) is 0 Å². The van der Waals surface area contributed by atoms with Crippen LogP contribution in [0.1, 0.15) is 102 Å². The lowest BCUT2D eigenvalue weighted by Gasteiger charge is -2.23. The predicted molar refractivity (Wildman–Crippen MR) is 134 cm³/mol. The molecule has 1 heterocycles. The van der Waals surface area contributed by atoms with Gasteiger partial charge in [-0.15, -0.1) is 0 Å². The molecule has 30 heavy (non-hydrogen) atoms. The van der Waals surface area contributed by atoms with Gasteiger partial charge in [-0.05, 0) is 36.6 Å². The Bertz CT molecular complexity index is 739. The van der Waals surface area contributed by atoms with Gasteiger partial charge in [-0.3, -0.25) is 0 Å². The van der Waals surface area contributed by atoms with E-state index < -0.39 is 0 Å². The fourth-order valence-corrected chi connectivity index (χ4v) is 5.48. The van der Waals surface area contributed by atoms with Crippen molar-refractivity contribution in [2.45, 2.75) is 113 Å².